The van der Waals surface area contributed by atoms with Crippen molar-refractivity contribution in [2.45, 2.75) is 65.5 Å². The van der Waals surface area contributed by atoms with Crippen LogP contribution in [0, 0.1) is 10.8 Å². The van der Waals surface area contributed by atoms with Crippen molar-refractivity contribution < 1.29 is 0 Å². The van der Waals surface area contributed by atoms with Gasteiger partial charge in [0.2, 0.25) is 0 Å². The first kappa shape index (κ1) is 12.4. The molecular weight excluding hydrogens is 196 g/mol. The van der Waals surface area contributed by atoms with Crippen LogP contribution in [0.25, 0.3) is 0 Å². The van der Waals surface area contributed by atoms with Gasteiger partial charge in [-0.3, -0.25) is 4.90 Å². The summed E-state index contributed by atoms with van der Waals surface area (Å²) in [4.78, 5) is 2.65. The van der Waals surface area contributed by atoms with Gasteiger partial charge < -0.3 is 5.73 Å². The molecule has 0 aromatic rings. The highest BCUT2D eigenvalue weighted by molar-refractivity contribution is 4.95. The molecular formula is C14H28N2. The molecule has 94 valence electrons. The zero-order valence-corrected chi connectivity index (χ0v) is 11.4. The van der Waals surface area contributed by atoms with E-state index in [-0.39, 0.29) is 0 Å². The molecule has 0 radical (unpaired) electrons. The maximum atomic E-state index is 6.03. The zero-order valence-electron chi connectivity index (χ0n) is 11.4. The minimum Gasteiger partial charge on any atom is -0.326 e. The Kier molecular flexibility index (Phi) is 3.09. The molecule has 0 amide bonds. The predicted octanol–water partition coefficient (Wildman–Crippen LogP) is 2.62. The highest BCUT2D eigenvalue weighted by Crippen LogP contribution is 2.47. The van der Waals surface area contributed by atoms with E-state index in [2.05, 4.69) is 32.6 Å². The predicted molar refractivity (Wildman–Crippen MR) is 69.4 cm³/mol. The van der Waals surface area contributed by atoms with Crippen LogP contribution in [-0.4, -0.2) is 30.1 Å². The van der Waals surface area contributed by atoms with Crippen molar-refractivity contribution in [2.24, 2.45) is 16.6 Å². The van der Waals surface area contributed by atoms with Gasteiger partial charge >= 0.3 is 0 Å². The molecule has 0 aromatic heterocycles. The fourth-order valence-electron chi connectivity index (χ4n) is 4.19. The lowest BCUT2D eigenvalue weighted by Crippen LogP contribution is -2.46. The fourth-order valence-corrected chi connectivity index (χ4v) is 4.19. The second-order valence-corrected chi connectivity index (χ2v) is 7.61. The standard InChI is InChI=1S/C14H28N2/c1-13(2)7-12(8-14(3,4)10-13)16-6-5-11(15)9-16/h11-12H,5-10,15H2,1-4H3/t11-/m1/s1. The van der Waals surface area contributed by atoms with Crippen molar-refractivity contribution in [1.82, 2.24) is 4.90 Å². The largest absolute Gasteiger partial charge is 0.326 e. The van der Waals surface area contributed by atoms with E-state index in [9.17, 15) is 0 Å². The van der Waals surface area contributed by atoms with Gasteiger partial charge in [0.05, 0.1) is 0 Å². The normalized spacial score (nSPS) is 35.4. The van der Waals surface area contributed by atoms with Gasteiger partial charge in [-0.25, -0.2) is 0 Å². The number of nitrogens with two attached hydrogens (primary N) is 1. The van der Waals surface area contributed by atoms with Crippen LogP contribution in [0.4, 0.5) is 0 Å². The number of hydrogen-bond acceptors (Lipinski definition) is 2. The Morgan fingerprint density at radius 1 is 1.06 bits per heavy atom. The molecule has 1 aliphatic heterocycles. The average Bonchev–Trinajstić information content (AvgIpc) is 2.45. The van der Waals surface area contributed by atoms with Crippen LogP contribution in [-0.2, 0) is 0 Å². The average molecular weight is 224 g/mol. The summed E-state index contributed by atoms with van der Waals surface area (Å²) in [5, 5.41) is 0. The van der Waals surface area contributed by atoms with E-state index in [1.54, 1.807) is 0 Å². The first-order valence-corrected chi connectivity index (χ1v) is 6.77. The summed E-state index contributed by atoms with van der Waals surface area (Å²) in [7, 11) is 0. The lowest BCUT2D eigenvalue weighted by Gasteiger charge is -2.47. The molecule has 1 saturated carbocycles. The second-order valence-electron chi connectivity index (χ2n) is 7.61. The second kappa shape index (κ2) is 3.99. The molecule has 0 spiro atoms. The maximum absolute atomic E-state index is 6.03. The maximum Gasteiger partial charge on any atom is 0.0180 e. The third kappa shape index (κ3) is 2.78. The quantitative estimate of drug-likeness (QED) is 0.742. The van der Waals surface area contributed by atoms with Crippen LogP contribution in [0.5, 0.6) is 0 Å². The van der Waals surface area contributed by atoms with E-state index < -0.39 is 0 Å². The molecule has 0 unspecified atom stereocenters. The number of hydrogen-bond donors (Lipinski definition) is 1. The molecule has 0 bridgehead atoms. The SMILES string of the molecule is CC1(C)CC(N2CC[C@@H](N)C2)CC(C)(C)C1. The Balaban J connectivity index is 2.04. The van der Waals surface area contributed by atoms with Gasteiger partial charge in [0.25, 0.3) is 0 Å². The summed E-state index contributed by atoms with van der Waals surface area (Å²) in [6.45, 7) is 12.1. The van der Waals surface area contributed by atoms with Gasteiger partial charge in [-0.05, 0) is 36.5 Å². The number of nitrogens with zero attached hydrogens (tertiary/aromatic N) is 1. The Labute approximate surface area is 101 Å². The first-order valence-electron chi connectivity index (χ1n) is 6.77. The van der Waals surface area contributed by atoms with Crippen molar-refractivity contribution in [3.05, 3.63) is 0 Å². The molecule has 2 aliphatic rings. The molecule has 2 nitrogen and oxygen atoms in total. The lowest BCUT2D eigenvalue weighted by atomic mass is 9.63. The van der Waals surface area contributed by atoms with Crippen LogP contribution in [0.1, 0.15) is 53.4 Å². The molecule has 2 N–H and O–H groups in total. The summed E-state index contributed by atoms with van der Waals surface area (Å²) in [5.74, 6) is 0. The molecule has 2 fully saturated rings. The van der Waals surface area contributed by atoms with Crippen molar-refractivity contribution in [3.63, 3.8) is 0 Å². The molecule has 16 heavy (non-hydrogen) atoms. The third-order valence-electron chi connectivity index (χ3n) is 4.31. The van der Waals surface area contributed by atoms with Crippen LogP contribution in [0.3, 0.4) is 0 Å². The minimum absolute atomic E-state index is 0.424. The van der Waals surface area contributed by atoms with E-state index in [1.165, 1.54) is 32.2 Å². The molecule has 1 aliphatic carbocycles. The van der Waals surface area contributed by atoms with Crippen molar-refractivity contribution in [2.75, 3.05) is 13.1 Å². The summed E-state index contributed by atoms with van der Waals surface area (Å²) in [6.07, 6.45) is 5.25. The topological polar surface area (TPSA) is 29.3 Å². The van der Waals surface area contributed by atoms with Crippen molar-refractivity contribution >= 4 is 0 Å². The Morgan fingerprint density at radius 3 is 2.06 bits per heavy atom. The number of rotatable bonds is 1. The molecule has 0 aromatic carbocycles. The van der Waals surface area contributed by atoms with Gasteiger partial charge in [-0.2, -0.15) is 0 Å². The molecule has 1 heterocycles. The Hall–Kier alpha value is -0.0800. The van der Waals surface area contributed by atoms with Crippen molar-refractivity contribution in [1.29, 1.82) is 0 Å². The highest BCUT2D eigenvalue weighted by atomic mass is 15.2. The number of likely N-dealkylation sites (tertiary alicyclic amines) is 1. The fraction of sp³-hybridized carbons (Fsp3) is 1.00. The van der Waals surface area contributed by atoms with Crippen molar-refractivity contribution in [3.8, 4) is 0 Å². The molecule has 2 rings (SSSR count). The van der Waals surface area contributed by atoms with E-state index in [0.717, 1.165) is 12.6 Å². The summed E-state index contributed by atoms with van der Waals surface area (Å²) >= 11 is 0. The monoisotopic (exact) mass is 224 g/mol. The van der Waals surface area contributed by atoms with E-state index in [4.69, 9.17) is 5.73 Å². The van der Waals surface area contributed by atoms with Crippen LogP contribution >= 0.6 is 0 Å². The summed E-state index contributed by atoms with van der Waals surface area (Å²) < 4.78 is 0. The van der Waals surface area contributed by atoms with Crippen LogP contribution < -0.4 is 5.73 Å². The van der Waals surface area contributed by atoms with E-state index in [0.29, 0.717) is 16.9 Å². The van der Waals surface area contributed by atoms with Crippen LogP contribution in [0.2, 0.25) is 0 Å². The van der Waals surface area contributed by atoms with Gasteiger partial charge in [0.1, 0.15) is 0 Å². The molecule has 2 heteroatoms. The molecule has 1 saturated heterocycles. The Bertz CT molecular complexity index is 241. The van der Waals surface area contributed by atoms with Crippen LogP contribution in [0.15, 0.2) is 0 Å². The van der Waals surface area contributed by atoms with Gasteiger partial charge in [0.15, 0.2) is 0 Å². The van der Waals surface area contributed by atoms with E-state index in [1.807, 2.05) is 0 Å². The Morgan fingerprint density at radius 2 is 1.62 bits per heavy atom. The minimum atomic E-state index is 0.424. The van der Waals surface area contributed by atoms with Gasteiger partial charge in [0, 0.05) is 25.2 Å². The summed E-state index contributed by atoms with van der Waals surface area (Å²) in [5.41, 5.74) is 7.02. The smallest absolute Gasteiger partial charge is 0.0180 e. The molecule has 1 atom stereocenters. The lowest BCUT2D eigenvalue weighted by molar-refractivity contribution is 0.0341. The third-order valence-corrected chi connectivity index (χ3v) is 4.31. The van der Waals surface area contributed by atoms with Gasteiger partial charge in [-0.15, -0.1) is 0 Å². The highest BCUT2D eigenvalue weighted by Gasteiger charge is 2.41. The first-order chi connectivity index (χ1) is 7.27. The zero-order chi connectivity index (χ0) is 12.0. The van der Waals surface area contributed by atoms with E-state index >= 15 is 0 Å². The van der Waals surface area contributed by atoms with Gasteiger partial charge in [-0.1, -0.05) is 27.7 Å². The summed E-state index contributed by atoms with van der Waals surface area (Å²) in [6, 6.07) is 1.19.